The molecule has 1 heterocycles. The Kier molecular flexibility index (Phi) is 2.39. The maximum absolute atomic E-state index is 5.12. The molecule has 0 aromatic heterocycles. The van der Waals surface area contributed by atoms with Gasteiger partial charge in [-0.15, -0.1) is 0 Å². The standard InChI is InChI=1S/C6H9BNO/c1-2-9-8-6-4-3-5-7-8/h3-6H,2H2,1H3. The van der Waals surface area contributed by atoms with Gasteiger partial charge in [-0.25, -0.2) is 0 Å². The summed E-state index contributed by atoms with van der Waals surface area (Å²) in [6, 6.07) is 0. The van der Waals surface area contributed by atoms with Crippen LogP contribution < -0.4 is 0 Å². The average Bonchev–Trinajstić information content (AvgIpc) is 1.91. The molecule has 2 nitrogen and oxygen atoms in total. The molecule has 1 aliphatic rings. The fraction of sp³-hybridized carbons (Fsp3) is 0.333. The Morgan fingerprint density at radius 2 is 2.44 bits per heavy atom. The van der Waals surface area contributed by atoms with Crippen molar-refractivity contribution < 1.29 is 4.84 Å². The van der Waals surface area contributed by atoms with Gasteiger partial charge < -0.3 is 4.97 Å². The number of allylic oxidation sites excluding steroid dienone is 2. The summed E-state index contributed by atoms with van der Waals surface area (Å²) in [5.41, 5.74) is 0. The summed E-state index contributed by atoms with van der Waals surface area (Å²) in [7, 11) is 1.86. The first-order valence-electron chi connectivity index (χ1n) is 3.03. The van der Waals surface area contributed by atoms with Gasteiger partial charge in [0.05, 0.1) is 6.61 Å². The van der Waals surface area contributed by atoms with E-state index in [4.69, 9.17) is 4.84 Å². The molecular formula is C6H9BNO. The molecule has 1 aliphatic heterocycles. The summed E-state index contributed by atoms with van der Waals surface area (Å²) in [6.45, 7) is 2.66. The SMILES string of the molecule is CCON1[B]C=CC=C1. The highest BCUT2D eigenvalue weighted by molar-refractivity contribution is 6.39. The van der Waals surface area contributed by atoms with Crippen LogP contribution in [-0.4, -0.2) is 19.0 Å². The van der Waals surface area contributed by atoms with Gasteiger partial charge in [-0.05, 0) is 13.0 Å². The van der Waals surface area contributed by atoms with E-state index in [1.807, 2.05) is 38.7 Å². The van der Waals surface area contributed by atoms with E-state index < -0.39 is 0 Å². The molecule has 0 unspecified atom stereocenters. The van der Waals surface area contributed by atoms with Crippen LogP contribution in [0.1, 0.15) is 6.92 Å². The molecule has 47 valence electrons. The average molecular weight is 122 g/mol. The van der Waals surface area contributed by atoms with Crippen molar-refractivity contribution in [3.8, 4) is 0 Å². The van der Waals surface area contributed by atoms with E-state index in [-0.39, 0.29) is 0 Å². The largest absolute Gasteiger partial charge is 0.314 e. The smallest absolute Gasteiger partial charge is 0.308 e. The molecule has 0 amide bonds. The van der Waals surface area contributed by atoms with Crippen molar-refractivity contribution in [2.45, 2.75) is 6.92 Å². The van der Waals surface area contributed by atoms with Crippen LogP contribution in [0, 0.1) is 0 Å². The van der Waals surface area contributed by atoms with E-state index in [0.29, 0.717) is 6.61 Å². The van der Waals surface area contributed by atoms with Crippen molar-refractivity contribution in [2.75, 3.05) is 6.61 Å². The van der Waals surface area contributed by atoms with Crippen molar-refractivity contribution in [1.29, 1.82) is 0 Å². The van der Waals surface area contributed by atoms with E-state index in [0.717, 1.165) is 0 Å². The zero-order chi connectivity index (χ0) is 6.53. The van der Waals surface area contributed by atoms with Gasteiger partial charge in [-0.2, -0.15) is 0 Å². The number of hydrogen-bond acceptors (Lipinski definition) is 2. The maximum atomic E-state index is 5.12. The fourth-order valence-electron chi connectivity index (χ4n) is 0.618. The molecule has 1 radical (unpaired) electrons. The lowest BCUT2D eigenvalue weighted by Gasteiger charge is -2.17. The van der Waals surface area contributed by atoms with Crippen molar-refractivity contribution in [3.05, 3.63) is 24.3 Å². The van der Waals surface area contributed by atoms with E-state index in [1.165, 1.54) is 0 Å². The highest BCUT2D eigenvalue weighted by atomic mass is 16.7. The highest BCUT2D eigenvalue weighted by Crippen LogP contribution is 1.95. The van der Waals surface area contributed by atoms with Crippen LogP contribution in [0.2, 0.25) is 0 Å². The zero-order valence-corrected chi connectivity index (χ0v) is 5.45. The third kappa shape index (κ3) is 1.94. The van der Waals surface area contributed by atoms with Gasteiger partial charge in [0.1, 0.15) is 0 Å². The van der Waals surface area contributed by atoms with Crippen LogP contribution in [0.3, 0.4) is 0 Å². The molecule has 0 bridgehead atoms. The second-order valence-corrected chi connectivity index (χ2v) is 1.65. The van der Waals surface area contributed by atoms with E-state index >= 15 is 0 Å². The third-order valence-corrected chi connectivity index (χ3v) is 0.966. The first-order valence-corrected chi connectivity index (χ1v) is 3.03. The molecule has 0 fully saturated rings. The lowest BCUT2D eigenvalue weighted by atomic mass is 9.92. The maximum Gasteiger partial charge on any atom is 0.314 e. The second-order valence-electron chi connectivity index (χ2n) is 1.65. The van der Waals surface area contributed by atoms with Crippen LogP contribution in [0.4, 0.5) is 0 Å². The molecule has 3 heteroatoms. The highest BCUT2D eigenvalue weighted by Gasteiger charge is 1.98. The Balaban J connectivity index is 2.28. The van der Waals surface area contributed by atoms with Crippen LogP contribution in [0.25, 0.3) is 0 Å². The Morgan fingerprint density at radius 3 is 3.00 bits per heavy atom. The van der Waals surface area contributed by atoms with Crippen LogP contribution >= 0.6 is 0 Å². The second kappa shape index (κ2) is 3.35. The minimum atomic E-state index is 0.703. The molecular weight excluding hydrogens is 113 g/mol. The molecule has 0 aliphatic carbocycles. The molecule has 9 heavy (non-hydrogen) atoms. The Hall–Kier alpha value is -0.695. The summed E-state index contributed by atoms with van der Waals surface area (Å²) in [5, 5.41) is 0. The third-order valence-electron chi connectivity index (χ3n) is 0.966. The van der Waals surface area contributed by atoms with E-state index in [9.17, 15) is 0 Å². The van der Waals surface area contributed by atoms with Crippen LogP contribution in [0.15, 0.2) is 24.3 Å². The quantitative estimate of drug-likeness (QED) is 0.504. The molecule has 0 spiro atoms. The number of nitrogens with zero attached hydrogens (tertiary/aromatic N) is 1. The van der Waals surface area contributed by atoms with Gasteiger partial charge in [-0.3, -0.25) is 4.84 Å². The predicted octanol–water partition coefficient (Wildman–Crippen LogP) is 0.900. The van der Waals surface area contributed by atoms with E-state index in [1.54, 1.807) is 4.97 Å². The molecule has 0 saturated heterocycles. The lowest BCUT2D eigenvalue weighted by molar-refractivity contribution is -0.0422. The van der Waals surface area contributed by atoms with Crippen molar-refractivity contribution >= 4 is 7.41 Å². The van der Waals surface area contributed by atoms with Crippen molar-refractivity contribution in [1.82, 2.24) is 4.97 Å². The Morgan fingerprint density at radius 1 is 1.56 bits per heavy atom. The fourth-order valence-corrected chi connectivity index (χ4v) is 0.618. The molecule has 0 atom stereocenters. The van der Waals surface area contributed by atoms with Gasteiger partial charge in [0.25, 0.3) is 0 Å². The van der Waals surface area contributed by atoms with Gasteiger partial charge in [-0.1, -0.05) is 12.1 Å². The van der Waals surface area contributed by atoms with Gasteiger partial charge in [0.15, 0.2) is 0 Å². The van der Waals surface area contributed by atoms with Gasteiger partial charge in [0.2, 0.25) is 0 Å². The van der Waals surface area contributed by atoms with Crippen molar-refractivity contribution in [2.24, 2.45) is 0 Å². The zero-order valence-electron chi connectivity index (χ0n) is 5.45. The summed E-state index contributed by atoms with van der Waals surface area (Å²) in [5.74, 6) is 1.93. The summed E-state index contributed by atoms with van der Waals surface area (Å²) >= 11 is 0. The molecule has 0 aromatic rings. The Labute approximate surface area is 56.0 Å². The number of rotatable bonds is 2. The summed E-state index contributed by atoms with van der Waals surface area (Å²) < 4.78 is 0. The first kappa shape index (κ1) is 6.43. The van der Waals surface area contributed by atoms with Crippen molar-refractivity contribution in [3.63, 3.8) is 0 Å². The van der Waals surface area contributed by atoms with E-state index in [2.05, 4.69) is 0 Å². The van der Waals surface area contributed by atoms with Crippen LogP contribution in [-0.2, 0) is 4.84 Å². The number of hydrogen-bond donors (Lipinski definition) is 0. The molecule has 0 N–H and O–H groups in total. The summed E-state index contributed by atoms with van der Waals surface area (Å²) in [4.78, 5) is 6.80. The minimum absolute atomic E-state index is 0.703. The normalized spacial score (nSPS) is 15.9. The van der Waals surface area contributed by atoms with Crippen LogP contribution in [0.5, 0.6) is 0 Å². The summed E-state index contributed by atoms with van der Waals surface area (Å²) in [6.07, 6.45) is 5.74. The molecule has 1 rings (SSSR count). The monoisotopic (exact) mass is 122 g/mol. The molecule has 0 aromatic carbocycles. The predicted molar refractivity (Wildman–Crippen MR) is 37.5 cm³/mol. The van der Waals surface area contributed by atoms with Gasteiger partial charge >= 0.3 is 7.41 Å². The van der Waals surface area contributed by atoms with Gasteiger partial charge in [0, 0.05) is 6.20 Å². The Bertz CT molecular complexity index is 133. The first-order chi connectivity index (χ1) is 4.43. The molecule has 0 saturated carbocycles. The minimum Gasteiger partial charge on any atom is -0.308 e. The number of hydroxylamine groups is 1. The topological polar surface area (TPSA) is 12.5 Å². The lowest BCUT2D eigenvalue weighted by Crippen LogP contribution is -2.22.